The van der Waals surface area contributed by atoms with E-state index in [1.807, 2.05) is 25.3 Å². The van der Waals surface area contributed by atoms with Gasteiger partial charge in [-0.3, -0.25) is 0 Å². The van der Waals surface area contributed by atoms with Gasteiger partial charge in [-0.15, -0.1) is 5.75 Å². The molecule has 1 fully saturated rings. The van der Waals surface area contributed by atoms with Crippen LogP contribution in [0.3, 0.4) is 0 Å². The van der Waals surface area contributed by atoms with E-state index in [-0.39, 0.29) is 32.7 Å². The van der Waals surface area contributed by atoms with Crippen LogP contribution in [-0.4, -0.2) is 11.2 Å². The Kier molecular flexibility index (Phi) is 5.18. The molecule has 0 aromatic rings. The molecule has 1 heterocycles. The minimum Gasteiger partial charge on any atom is -0.542 e. The molecular formula is C4H7OSY-. The first-order chi connectivity index (χ1) is 2.89. The summed E-state index contributed by atoms with van der Waals surface area (Å²) >= 11 is 1.82. The second-order valence-corrected chi connectivity index (χ2v) is 2.53. The first kappa shape index (κ1) is 8.41. The van der Waals surface area contributed by atoms with E-state index < -0.39 is 0 Å². The largest absolute Gasteiger partial charge is 0.542 e. The Morgan fingerprint density at radius 3 is 2.71 bits per heavy atom. The molecule has 1 atom stereocenters. The third kappa shape index (κ3) is 3.07. The van der Waals surface area contributed by atoms with E-state index in [1.165, 1.54) is 0 Å². The van der Waals surface area contributed by atoms with Crippen LogP contribution in [0.1, 0.15) is 6.92 Å². The fourth-order valence-corrected chi connectivity index (χ4v) is 0.974. The number of ether oxygens (including phenoxy) is 1. The monoisotopic (exact) mass is 192 g/mol. The molecule has 1 saturated heterocycles. The first-order valence-electron chi connectivity index (χ1n) is 1.98. The van der Waals surface area contributed by atoms with Crippen molar-refractivity contribution in [1.82, 2.24) is 0 Å². The van der Waals surface area contributed by atoms with Gasteiger partial charge >= 0.3 is 0 Å². The van der Waals surface area contributed by atoms with E-state index >= 15 is 0 Å². The number of hydrogen-bond acceptors (Lipinski definition) is 2. The molecule has 39 valence electrons. The molecule has 0 aromatic carbocycles. The van der Waals surface area contributed by atoms with E-state index in [0.29, 0.717) is 5.44 Å². The Bertz CT molecular complexity index is 45.0. The molecule has 1 nitrogen and oxygen atoms in total. The summed E-state index contributed by atoms with van der Waals surface area (Å²) in [5.74, 6) is 1.06. The van der Waals surface area contributed by atoms with Gasteiger partial charge in [0.1, 0.15) is 0 Å². The van der Waals surface area contributed by atoms with Crippen molar-refractivity contribution < 1.29 is 37.4 Å². The fourth-order valence-electron chi connectivity index (χ4n) is 0.389. The zero-order valence-corrected chi connectivity index (χ0v) is 7.91. The van der Waals surface area contributed by atoms with Gasteiger partial charge in [-0.2, -0.15) is 11.8 Å². The molecule has 1 aliphatic rings. The van der Waals surface area contributed by atoms with Crippen LogP contribution < -0.4 is 0 Å². The third-order valence-corrected chi connectivity index (χ3v) is 1.60. The Balaban J connectivity index is 0.000000360. The molecule has 7 heavy (non-hydrogen) atoms. The summed E-state index contributed by atoms with van der Waals surface area (Å²) in [5.41, 5.74) is 0.407. The van der Waals surface area contributed by atoms with Gasteiger partial charge in [0, 0.05) is 32.7 Å². The first-order valence-corrected chi connectivity index (χ1v) is 3.03. The molecular weight excluding hydrogens is 185 g/mol. The van der Waals surface area contributed by atoms with Crippen molar-refractivity contribution in [3.63, 3.8) is 0 Å². The average Bonchev–Trinajstić information content (AvgIpc) is 1.86. The SMILES string of the molecule is CC1O[CH-]CS1.[Y]. The molecule has 0 aromatic heterocycles. The van der Waals surface area contributed by atoms with Crippen molar-refractivity contribution in [2.45, 2.75) is 12.4 Å². The van der Waals surface area contributed by atoms with Crippen molar-refractivity contribution in [2.24, 2.45) is 0 Å². The summed E-state index contributed by atoms with van der Waals surface area (Å²) in [4.78, 5) is 0. The average molecular weight is 192 g/mol. The van der Waals surface area contributed by atoms with Crippen molar-refractivity contribution in [3.8, 4) is 0 Å². The van der Waals surface area contributed by atoms with Crippen LogP contribution in [0, 0.1) is 6.61 Å². The second kappa shape index (κ2) is 4.31. The molecule has 0 spiro atoms. The van der Waals surface area contributed by atoms with Crippen LogP contribution in [0.15, 0.2) is 0 Å². The van der Waals surface area contributed by atoms with Crippen molar-refractivity contribution in [2.75, 3.05) is 5.75 Å². The summed E-state index contributed by atoms with van der Waals surface area (Å²) in [6.07, 6.45) is 0. The van der Waals surface area contributed by atoms with Crippen molar-refractivity contribution in [3.05, 3.63) is 6.61 Å². The smallest absolute Gasteiger partial charge is 0.0656 e. The number of rotatable bonds is 0. The molecule has 3 heteroatoms. The third-order valence-electron chi connectivity index (χ3n) is 0.687. The van der Waals surface area contributed by atoms with E-state index in [9.17, 15) is 0 Å². The van der Waals surface area contributed by atoms with Crippen LogP contribution in [-0.2, 0) is 37.4 Å². The molecule has 0 amide bonds. The molecule has 0 bridgehead atoms. The van der Waals surface area contributed by atoms with Gasteiger partial charge in [0.25, 0.3) is 0 Å². The zero-order chi connectivity index (χ0) is 4.41. The quantitative estimate of drug-likeness (QED) is 0.534. The predicted octanol–water partition coefficient (Wildman–Crippen LogP) is 1.26. The van der Waals surface area contributed by atoms with Gasteiger partial charge in [0.05, 0.1) is 5.44 Å². The zero-order valence-electron chi connectivity index (χ0n) is 4.26. The Morgan fingerprint density at radius 1 is 1.86 bits per heavy atom. The van der Waals surface area contributed by atoms with Gasteiger partial charge in [-0.1, -0.05) is 0 Å². The summed E-state index contributed by atoms with van der Waals surface area (Å²) in [6, 6.07) is 0. The molecule has 1 rings (SSSR count). The molecule has 0 N–H and O–H groups in total. The van der Waals surface area contributed by atoms with E-state index in [4.69, 9.17) is 4.74 Å². The normalized spacial score (nSPS) is 29.6. The van der Waals surface area contributed by atoms with Gasteiger partial charge in [-0.25, -0.2) is 6.61 Å². The van der Waals surface area contributed by atoms with Gasteiger partial charge in [0.2, 0.25) is 0 Å². The summed E-state index contributed by atoms with van der Waals surface area (Å²) < 4.78 is 4.99. The van der Waals surface area contributed by atoms with E-state index in [0.717, 1.165) is 5.75 Å². The van der Waals surface area contributed by atoms with Crippen LogP contribution in [0.25, 0.3) is 0 Å². The Labute approximate surface area is 73.4 Å². The predicted molar refractivity (Wildman–Crippen MR) is 27.3 cm³/mol. The minimum atomic E-state index is 0. The maximum atomic E-state index is 4.99. The fraction of sp³-hybridized carbons (Fsp3) is 0.750. The van der Waals surface area contributed by atoms with Crippen LogP contribution in [0.2, 0.25) is 0 Å². The Hall–Kier alpha value is 1.41. The Morgan fingerprint density at radius 2 is 2.57 bits per heavy atom. The van der Waals surface area contributed by atoms with Gasteiger partial charge < -0.3 is 4.74 Å². The van der Waals surface area contributed by atoms with E-state index in [2.05, 4.69) is 0 Å². The topological polar surface area (TPSA) is 9.23 Å². The van der Waals surface area contributed by atoms with Crippen LogP contribution >= 0.6 is 11.8 Å². The summed E-state index contributed by atoms with van der Waals surface area (Å²) in [5, 5.41) is 0. The number of hydrogen-bond donors (Lipinski definition) is 0. The maximum Gasteiger partial charge on any atom is 0.0656 e. The number of thioether (sulfide) groups is 1. The second-order valence-electron chi connectivity index (χ2n) is 1.20. The van der Waals surface area contributed by atoms with Crippen LogP contribution in [0.4, 0.5) is 0 Å². The van der Waals surface area contributed by atoms with Crippen molar-refractivity contribution >= 4 is 11.8 Å². The van der Waals surface area contributed by atoms with Gasteiger partial charge in [-0.05, 0) is 6.92 Å². The maximum absolute atomic E-state index is 4.99. The van der Waals surface area contributed by atoms with Crippen molar-refractivity contribution in [1.29, 1.82) is 0 Å². The van der Waals surface area contributed by atoms with Gasteiger partial charge in [0.15, 0.2) is 0 Å². The van der Waals surface area contributed by atoms with E-state index in [1.54, 1.807) is 0 Å². The minimum absolute atomic E-state index is 0. The molecule has 0 aliphatic carbocycles. The molecule has 1 unspecified atom stereocenters. The standard InChI is InChI=1S/C4H7OS.Y/c1-4-5-2-3-6-4;/h2,4H,3H2,1H3;/q-1;. The summed E-state index contributed by atoms with van der Waals surface area (Å²) in [6.45, 7) is 3.89. The molecule has 1 aliphatic heterocycles. The summed E-state index contributed by atoms with van der Waals surface area (Å²) in [7, 11) is 0. The molecule has 1 radical (unpaired) electrons. The van der Waals surface area contributed by atoms with Crippen LogP contribution in [0.5, 0.6) is 0 Å². The molecule has 0 saturated carbocycles.